The maximum Gasteiger partial charge on any atom is 0.0541 e. The number of nitrogens with one attached hydrogen (secondary N) is 1. The second-order valence-electron chi connectivity index (χ2n) is 6.46. The fourth-order valence-electron chi connectivity index (χ4n) is 2.68. The summed E-state index contributed by atoms with van der Waals surface area (Å²) in [4.78, 5) is 0. The van der Waals surface area contributed by atoms with Crippen LogP contribution in [0.2, 0.25) is 0 Å². The molecule has 0 bridgehead atoms. The van der Waals surface area contributed by atoms with Crippen LogP contribution in [0.3, 0.4) is 0 Å². The molecule has 2 nitrogen and oxygen atoms in total. The van der Waals surface area contributed by atoms with Gasteiger partial charge in [-0.15, -0.1) is 0 Å². The van der Waals surface area contributed by atoms with Crippen LogP contribution in [0.5, 0.6) is 0 Å². The van der Waals surface area contributed by atoms with Crippen molar-refractivity contribution < 1.29 is 5.11 Å². The van der Waals surface area contributed by atoms with E-state index in [-0.39, 0.29) is 11.5 Å². The first kappa shape index (κ1) is 14.4. The van der Waals surface area contributed by atoms with E-state index in [2.05, 4.69) is 50.4 Å². The molecule has 2 N–H and O–H groups in total. The Morgan fingerprint density at radius 3 is 2.21 bits per heavy atom. The number of hydrogen-bond acceptors (Lipinski definition) is 2. The van der Waals surface area contributed by atoms with Crippen molar-refractivity contribution in [2.75, 3.05) is 5.32 Å². The van der Waals surface area contributed by atoms with Crippen LogP contribution in [0, 0.1) is 0 Å². The van der Waals surface area contributed by atoms with E-state index < -0.39 is 0 Å². The molecule has 0 saturated heterocycles. The molecule has 2 rings (SSSR count). The Bertz CT molecular complexity index is 388. The van der Waals surface area contributed by atoms with E-state index in [9.17, 15) is 5.11 Å². The van der Waals surface area contributed by atoms with Crippen molar-refractivity contribution in [3.63, 3.8) is 0 Å². The van der Waals surface area contributed by atoms with E-state index in [4.69, 9.17) is 0 Å². The minimum atomic E-state index is -0.0780. The van der Waals surface area contributed by atoms with Gasteiger partial charge < -0.3 is 10.4 Å². The largest absolute Gasteiger partial charge is 0.393 e. The van der Waals surface area contributed by atoms with Gasteiger partial charge in [-0.3, -0.25) is 0 Å². The van der Waals surface area contributed by atoms with Gasteiger partial charge in [0.25, 0.3) is 0 Å². The van der Waals surface area contributed by atoms with Gasteiger partial charge in [0.2, 0.25) is 0 Å². The molecule has 0 aromatic heterocycles. The number of aliphatic hydroxyl groups excluding tert-OH is 1. The van der Waals surface area contributed by atoms with E-state index in [0.717, 1.165) is 32.1 Å². The molecule has 0 amide bonds. The second-order valence-corrected chi connectivity index (χ2v) is 6.46. The van der Waals surface area contributed by atoms with Crippen LogP contribution >= 0.6 is 0 Å². The van der Waals surface area contributed by atoms with E-state index in [1.807, 2.05) is 0 Å². The first-order chi connectivity index (χ1) is 9.01. The number of anilines is 1. The highest BCUT2D eigenvalue weighted by atomic mass is 16.3. The summed E-state index contributed by atoms with van der Waals surface area (Å²) in [6.07, 6.45) is 5.08. The zero-order valence-electron chi connectivity index (χ0n) is 12.4. The van der Waals surface area contributed by atoms with Gasteiger partial charge in [-0.05, 0) is 55.2 Å². The molecule has 0 atom stereocenters. The first-order valence-electron chi connectivity index (χ1n) is 7.56. The lowest BCUT2D eigenvalue weighted by Crippen LogP contribution is -2.28. The molecule has 1 aromatic rings. The molecule has 0 radical (unpaired) electrons. The van der Waals surface area contributed by atoms with E-state index in [1.165, 1.54) is 11.3 Å². The Labute approximate surface area is 117 Å². The lowest BCUT2D eigenvalue weighted by atomic mass is 9.82. The summed E-state index contributed by atoms with van der Waals surface area (Å²) in [7, 11) is 0. The molecule has 0 aliphatic heterocycles. The monoisotopic (exact) mass is 261 g/mol. The Kier molecular flexibility index (Phi) is 4.51. The molecule has 0 unspecified atom stereocenters. The summed E-state index contributed by atoms with van der Waals surface area (Å²) in [6, 6.07) is 9.39. The standard InChI is InChI=1S/C17H27NO/c1-4-17(2,3)13-5-7-14(8-6-13)18-15-9-11-16(19)12-10-15/h5-8,15-16,18-19H,4,9-12H2,1-3H3. The molecule has 1 aliphatic carbocycles. The number of rotatable bonds is 4. The molecular formula is C17H27NO. The fraction of sp³-hybridized carbons (Fsp3) is 0.647. The fourth-order valence-corrected chi connectivity index (χ4v) is 2.68. The van der Waals surface area contributed by atoms with E-state index in [1.54, 1.807) is 0 Å². The van der Waals surface area contributed by atoms with Crippen molar-refractivity contribution in [1.29, 1.82) is 0 Å². The summed E-state index contributed by atoms with van der Waals surface area (Å²) < 4.78 is 0. The lowest BCUT2D eigenvalue weighted by Gasteiger charge is -2.28. The molecule has 1 aromatic carbocycles. The van der Waals surface area contributed by atoms with Crippen LogP contribution < -0.4 is 5.32 Å². The van der Waals surface area contributed by atoms with Gasteiger partial charge in [-0.2, -0.15) is 0 Å². The molecule has 19 heavy (non-hydrogen) atoms. The quantitative estimate of drug-likeness (QED) is 0.855. The van der Waals surface area contributed by atoms with Crippen LogP contribution in [0.1, 0.15) is 58.4 Å². The van der Waals surface area contributed by atoms with Crippen molar-refractivity contribution in [3.8, 4) is 0 Å². The average Bonchev–Trinajstić information content (AvgIpc) is 2.42. The Morgan fingerprint density at radius 2 is 1.68 bits per heavy atom. The highest BCUT2D eigenvalue weighted by molar-refractivity contribution is 5.46. The number of hydrogen-bond donors (Lipinski definition) is 2. The summed E-state index contributed by atoms with van der Waals surface area (Å²) in [5, 5.41) is 13.1. The van der Waals surface area contributed by atoms with Crippen LogP contribution in [-0.2, 0) is 5.41 Å². The zero-order valence-corrected chi connectivity index (χ0v) is 12.4. The normalized spacial score (nSPS) is 24.2. The third-order valence-corrected chi connectivity index (χ3v) is 4.62. The lowest BCUT2D eigenvalue weighted by molar-refractivity contribution is 0.126. The van der Waals surface area contributed by atoms with Gasteiger partial charge >= 0.3 is 0 Å². The topological polar surface area (TPSA) is 32.3 Å². The highest BCUT2D eigenvalue weighted by Gasteiger charge is 2.20. The SMILES string of the molecule is CCC(C)(C)c1ccc(NC2CCC(O)CC2)cc1. The summed E-state index contributed by atoms with van der Waals surface area (Å²) >= 11 is 0. The molecule has 0 spiro atoms. The van der Waals surface area contributed by atoms with Crippen molar-refractivity contribution in [2.45, 2.75) is 70.4 Å². The smallest absolute Gasteiger partial charge is 0.0541 e. The van der Waals surface area contributed by atoms with Gasteiger partial charge in [-0.25, -0.2) is 0 Å². The van der Waals surface area contributed by atoms with Crippen LogP contribution in [-0.4, -0.2) is 17.3 Å². The molecule has 1 fully saturated rings. The molecule has 2 heteroatoms. The van der Waals surface area contributed by atoms with Crippen LogP contribution in [0.25, 0.3) is 0 Å². The van der Waals surface area contributed by atoms with Crippen molar-refractivity contribution >= 4 is 5.69 Å². The second kappa shape index (κ2) is 5.96. The summed E-state index contributed by atoms with van der Waals surface area (Å²) in [6.45, 7) is 6.81. The number of benzene rings is 1. The van der Waals surface area contributed by atoms with Crippen molar-refractivity contribution in [1.82, 2.24) is 0 Å². The van der Waals surface area contributed by atoms with Gasteiger partial charge in [0.15, 0.2) is 0 Å². The van der Waals surface area contributed by atoms with Crippen LogP contribution in [0.4, 0.5) is 5.69 Å². The van der Waals surface area contributed by atoms with Gasteiger partial charge in [0.1, 0.15) is 0 Å². The summed E-state index contributed by atoms with van der Waals surface area (Å²) in [5.74, 6) is 0. The first-order valence-corrected chi connectivity index (χ1v) is 7.56. The Morgan fingerprint density at radius 1 is 1.11 bits per heavy atom. The maximum atomic E-state index is 9.52. The van der Waals surface area contributed by atoms with Crippen molar-refractivity contribution in [3.05, 3.63) is 29.8 Å². The molecule has 1 aliphatic rings. The summed E-state index contributed by atoms with van der Waals surface area (Å²) in [5.41, 5.74) is 2.87. The Hall–Kier alpha value is -1.02. The van der Waals surface area contributed by atoms with Gasteiger partial charge in [0.05, 0.1) is 6.10 Å². The van der Waals surface area contributed by atoms with Gasteiger partial charge in [-0.1, -0.05) is 32.9 Å². The average molecular weight is 261 g/mol. The van der Waals surface area contributed by atoms with Crippen LogP contribution in [0.15, 0.2) is 24.3 Å². The predicted octanol–water partition coefficient (Wildman–Crippen LogP) is 4.09. The maximum absolute atomic E-state index is 9.52. The molecule has 106 valence electrons. The molecular weight excluding hydrogens is 234 g/mol. The highest BCUT2D eigenvalue weighted by Crippen LogP contribution is 2.28. The minimum absolute atomic E-state index is 0.0780. The molecule has 0 heterocycles. The number of aliphatic hydroxyl groups is 1. The van der Waals surface area contributed by atoms with Crippen molar-refractivity contribution in [2.24, 2.45) is 0 Å². The van der Waals surface area contributed by atoms with E-state index >= 15 is 0 Å². The van der Waals surface area contributed by atoms with E-state index in [0.29, 0.717) is 6.04 Å². The third kappa shape index (κ3) is 3.73. The molecule has 1 saturated carbocycles. The Balaban J connectivity index is 1.95. The third-order valence-electron chi connectivity index (χ3n) is 4.62. The predicted molar refractivity (Wildman–Crippen MR) is 81.6 cm³/mol. The van der Waals surface area contributed by atoms with Gasteiger partial charge in [0, 0.05) is 11.7 Å². The minimum Gasteiger partial charge on any atom is -0.393 e. The zero-order chi connectivity index (χ0) is 13.9.